The lowest BCUT2D eigenvalue weighted by Crippen LogP contribution is -2.26. The summed E-state index contributed by atoms with van der Waals surface area (Å²) in [7, 11) is 0. The van der Waals surface area contributed by atoms with E-state index in [1.165, 1.54) is 99.3 Å². The van der Waals surface area contributed by atoms with Crippen LogP contribution in [0.3, 0.4) is 0 Å². The van der Waals surface area contributed by atoms with Crippen molar-refractivity contribution in [1.82, 2.24) is 0 Å². The topological polar surface area (TPSA) is 3.24 Å². The van der Waals surface area contributed by atoms with Gasteiger partial charge in [-0.2, -0.15) is 0 Å². The molecule has 1 nitrogen and oxygen atoms in total. The standard InChI is InChI=1S/C51H35N/c1-32-28-29-33(2)46(30-32)52(34-16-4-3-5-17-34)47-31-45-48(41-24-10-8-22-39(41)47)49-40-23-9-6-18-35(40)36-19-7-11-25-42(36)50(49)51(45)43-26-14-12-20-37(43)38-21-13-15-27-44(38)51/h3-31H,1-2H3. The van der Waals surface area contributed by atoms with Crippen LogP contribution in [0.1, 0.15) is 33.4 Å². The van der Waals surface area contributed by atoms with Crippen molar-refractivity contribution in [3.05, 3.63) is 209 Å². The number of rotatable bonds is 3. The van der Waals surface area contributed by atoms with Crippen LogP contribution in [0, 0.1) is 13.8 Å². The van der Waals surface area contributed by atoms with E-state index in [1.54, 1.807) is 0 Å². The van der Waals surface area contributed by atoms with E-state index < -0.39 is 5.41 Å². The molecule has 244 valence electrons. The highest BCUT2D eigenvalue weighted by Crippen LogP contribution is 2.67. The quantitative estimate of drug-likeness (QED) is 0.170. The molecule has 9 aromatic carbocycles. The maximum Gasteiger partial charge on any atom is 0.0732 e. The van der Waals surface area contributed by atoms with Gasteiger partial charge in [-0.3, -0.25) is 0 Å². The van der Waals surface area contributed by atoms with Crippen molar-refractivity contribution < 1.29 is 0 Å². The molecule has 0 radical (unpaired) electrons. The molecule has 2 aliphatic rings. The Morgan fingerprint density at radius 1 is 0.385 bits per heavy atom. The molecular formula is C51H35N. The van der Waals surface area contributed by atoms with Crippen LogP contribution in [-0.2, 0) is 5.41 Å². The molecule has 9 aromatic rings. The number of aryl methyl sites for hydroxylation is 2. The van der Waals surface area contributed by atoms with Gasteiger partial charge in [-0.1, -0.05) is 152 Å². The zero-order valence-corrected chi connectivity index (χ0v) is 29.2. The molecule has 2 aliphatic carbocycles. The van der Waals surface area contributed by atoms with Crippen molar-refractivity contribution in [3.8, 4) is 22.3 Å². The Balaban J connectivity index is 1.40. The Morgan fingerprint density at radius 3 is 1.58 bits per heavy atom. The highest BCUT2D eigenvalue weighted by molar-refractivity contribution is 6.24. The number of nitrogens with zero attached hydrogens (tertiary/aromatic N) is 1. The lowest BCUT2D eigenvalue weighted by atomic mass is 9.69. The fourth-order valence-corrected chi connectivity index (χ4v) is 9.77. The van der Waals surface area contributed by atoms with E-state index in [1.807, 2.05) is 0 Å². The highest BCUT2D eigenvalue weighted by atomic mass is 15.1. The van der Waals surface area contributed by atoms with Crippen LogP contribution in [0.2, 0.25) is 0 Å². The van der Waals surface area contributed by atoms with Crippen molar-refractivity contribution in [3.63, 3.8) is 0 Å². The third-order valence-corrected chi connectivity index (χ3v) is 11.8. The number of para-hydroxylation sites is 1. The molecule has 0 saturated carbocycles. The molecular weight excluding hydrogens is 627 g/mol. The first-order valence-electron chi connectivity index (χ1n) is 18.3. The van der Waals surface area contributed by atoms with E-state index >= 15 is 0 Å². The molecule has 0 aliphatic heterocycles. The first-order chi connectivity index (χ1) is 25.7. The monoisotopic (exact) mass is 661 g/mol. The predicted octanol–water partition coefficient (Wildman–Crippen LogP) is 13.6. The van der Waals surface area contributed by atoms with Crippen molar-refractivity contribution in [1.29, 1.82) is 0 Å². The van der Waals surface area contributed by atoms with Gasteiger partial charge in [0.25, 0.3) is 0 Å². The summed E-state index contributed by atoms with van der Waals surface area (Å²) in [6, 6.07) is 65.9. The lowest BCUT2D eigenvalue weighted by Gasteiger charge is -2.34. The molecule has 0 amide bonds. The molecule has 0 bridgehead atoms. The van der Waals surface area contributed by atoms with Crippen molar-refractivity contribution in [2.45, 2.75) is 19.3 Å². The maximum atomic E-state index is 2.56. The van der Waals surface area contributed by atoms with Crippen LogP contribution >= 0.6 is 0 Å². The minimum atomic E-state index is -0.524. The van der Waals surface area contributed by atoms with E-state index in [0.717, 1.165) is 5.69 Å². The van der Waals surface area contributed by atoms with Gasteiger partial charge in [0.1, 0.15) is 0 Å². The maximum absolute atomic E-state index is 2.56. The second kappa shape index (κ2) is 10.8. The summed E-state index contributed by atoms with van der Waals surface area (Å²) in [5.41, 5.74) is 16.3. The summed E-state index contributed by atoms with van der Waals surface area (Å²) in [6.45, 7) is 4.43. The lowest BCUT2D eigenvalue weighted by molar-refractivity contribution is 0.802. The van der Waals surface area contributed by atoms with Gasteiger partial charge < -0.3 is 4.90 Å². The molecule has 0 aromatic heterocycles. The van der Waals surface area contributed by atoms with Crippen LogP contribution in [0.4, 0.5) is 17.1 Å². The largest absolute Gasteiger partial charge is 0.310 e. The third-order valence-electron chi connectivity index (χ3n) is 11.8. The molecule has 1 spiro atoms. The van der Waals surface area contributed by atoms with Crippen molar-refractivity contribution in [2.75, 3.05) is 4.90 Å². The molecule has 0 unspecified atom stereocenters. The average molecular weight is 662 g/mol. The Morgan fingerprint density at radius 2 is 0.904 bits per heavy atom. The van der Waals surface area contributed by atoms with Crippen LogP contribution < -0.4 is 4.90 Å². The minimum Gasteiger partial charge on any atom is -0.310 e. The van der Waals surface area contributed by atoms with Gasteiger partial charge in [0.2, 0.25) is 0 Å². The minimum absolute atomic E-state index is 0.524. The Bertz CT molecular complexity index is 2890. The summed E-state index contributed by atoms with van der Waals surface area (Å²) in [5.74, 6) is 0. The van der Waals surface area contributed by atoms with Crippen LogP contribution in [-0.4, -0.2) is 0 Å². The summed E-state index contributed by atoms with van der Waals surface area (Å²) < 4.78 is 0. The van der Waals surface area contributed by atoms with Gasteiger partial charge in [0, 0.05) is 16.8 Å². The van der Waals surface area contributed by atoms with E-state index in [2.05, 4.69) is 195 Å². The fraction of sp³-hybridized carbons (Fsp3) is 0.0588. The SMILES string of the molecule is Cc1ccc(C)c(N(c2ccccc2)c2cc3c(c4ccccc24)-c2c(c4ccccc4c4ccccc24)C32c3ccccc3-c3ccccc32)c1. The first kappa shape index (κ1) is 29.3. The van der Waals surface area contributed by atoms with E-state index in [-0.39, 0.29) is 0 Å². The second-order valence-corrected chi connectivity index (χ2v) is 14.5. The van der Waals surface area contributed by atoms with Gasteiger partial charge in [-0.05, 0) is 121 Å². The molecule has 0 fully saturated rings. The summed E-state index contributed by atoms with van der Waals surface area (Å²) in [6.07, 6.45) is 0. The molecule has 0 N–H and O–H groups in total. The van der Waals surface area contributed by atoms with E-state index in [4.69, 9.17) is 0 Å². The van der Waals surface area contributed by atoms with Gasteiger partial charge >= 0.3 is 0 Å². The van der Waals surface area contributed by atoms with Crippen molar-refractivity contribution >= 4 is 49.4 Å². The molecule has 1 heteroatoms. The molecule has 0 heterocycles. The van der Waals surface area contributed by atoms with Crippen LogP contribution in [0.15, 0.2) is 176 Å². The van der Waals surface area contributed by atoms with Gasteiger partial charge in [0.05, 0.1) is 11.1 Å². The van der Waals surface area contributed by atoms with Gasteiger partial charge in [0.15, 0.2) is 0 Å². The molecule has 11 rings (SSSR count). The summed E-state index contributed by atoms with van der Waals surface area (Å²) in [4.78, 5) is 2.50. The normalized spacial score (nSPS) is 13.3. The predicted molar refractivity (Wildman–Crippen MR) is 219 cm³/mol. The van der Waals surface area contributed by atoms with Crippen molar-refractivity contribution in [2.24, 2.45) is 0 Å². The number of hydrogen-bond acceptors (Lipinski definition) is 1. The fourth-order valence-electron chi connectivity index (χ4n) is 9.77. The Hall–Kier alpha value is -6.44. The zero-order valence-electron chi connectivity index (χ0n) is 29.2. The number of anilines is 3. The Labute approximate surface area is 304 Å². The second-order valence-electron chi connectivity index (χ2n) is 14.5. The summed E-state index contributed by atoms with van der Waals surface area (Å²) >= 11 is 0. The summed E-state index contributed by atoms with van der Waals surface area (Å²) in [5, 5.41) is 7.75. The highest BCUT2D eigenvalue weighted by Gasteiger charge is 2.53. The van der Waals surface area contributed by atoms with E-state index in [0.29, 0.717) is 0 Å². The number of hydrogen-bond donors (Lipinski definition) is 0. The zero-order chi connectivity index (χ0) is 34.6. The van der Waals surface area contributed by atoms with Crippen LogP contribution in [0.5, 0.6) is 0 Å². The number of fused-ring (bicyclic) bond motifs is 17. The van der Waals surface area contributed by atoms with Gasteiger partial charge in [-0.15, -0.1) is 0 Å². The van der Waals surface area contributed by atoms with Crippen LogP contribution in [0.25, 0.3) is 54.6 Å². The van der Waals surface area contributed by atoms with Gasteiger partial charge in [-0.25, -0.2) is 0 Å². The third kappa shape index (κ3) is 3.72. The van der Waals surface area contributed by atoms with E-state index in [9.17, 15) is 0 Å². The molecule has 0 saturated heterocycles. The number of benzene rings is 9. The average Bonchev–Trinajstić information content (AvgIpc) is 3.68. The molecule has 0 atom stereocenters. The Kier molecular flexibility index (Phi) is 6.08. The molecule has 52 heavy (non-hydrogen) atoms. The smallest absolute Gasteiger partial charge is 0.0732 e. The first-order valence-corrected chi connectivity index (χ1v) is 18.3.